The molecule has 0 aliphatic heterocycles. The molecule has 3 aliphatic rings. The topological polar surface area (TPSA) is 9.23 Å². The first kappa shape index (κ1) is 16.3. The molecule has 0 aromatic rings. The molecule has 0 bridgehead atoms. The molecule has 0 N–H and O–H groups in total. The minimum Gasteiger partial charge on any atom is -0.405 e. The van der Waals surface area contributed by atoms with Crippen LogP contribution in [0.25, 0.3) is 0 Å². The first-order valence-electron chi connectivity index (χ1n) is 9.60. The summed E-state index contributed by atoms with van der Waals surface area (Å²) >= 11 is 0. The molecule has 22 heavy (non-hydrogen) atoms. The van der Waals surface area contributed by atoms with Crippen molar-refractivity contribution >= 4 is 8.32 Å². The molecule has 2 heteroatoms. The van der Waals surface area contributed by atoms with Crippen LogP contribution < -0.4 is 0 Å². The Hall–Kier alpha value is -0.603. The summed E-state index contributed by atoms with van der Waals surface area (Å²) in [6, 6.07) is 0. The van der Waals surface area contributed by atoms with Gasteiger partial charge in [-0.1, -0.05) is 33.8 Å². The molecule has 0 atom stereocenters. The van der Waals surface area contributed by atoms with Gasteiger partial charge in [-0.25, -0.2) is 0 Å². The van der Waals surface area contributed by atoms with Crippen molar-refractivity contribution in [1.29, 1.82) is 0 Å². The van der Waals surface area contributed by atoms with E-state index in [1.807, 2.05) is 0 Å². The molecule has 122 valence electrons. The monoisotopic (exact) mass is 316 g/mol. The van der Waals surface area contributed by atoms with Crippen LogP contribution in [0.15, 0.2) is 33.8 Å². The fourth-order valence-electron chi connectivity index (χ4n) is 4.59. The van der Waals surface area contributed by atoms with E-state index < -0.39 is 8.32 Å². The molecule has 0 amide bonds. The van der Waals surface area contributed by atoms with E-state index in [0.29, 0.717) is 0 Å². The lowest BCUT2D eigenvalue weighted by Crippen LogP contribution is -2.48. The minimum atomic E-state index is -2.01. The predicted molar refractivity (Wildman–Crippen MR) is 97.0 cm³/mol. The quantitative estimate of drug-likeness (QED) is 0.558. The third-order valence-electron chi connectivity index (χ3n) is 5.59. The third kappa shape index (κ3) is 3.19. The normalized spacial score (nSPS) is 23.6. The standard InChI is InChI=1S/C20H32OSi/c1-2-21-22(18-12-6-3-7-13-18,19-14-8-4-9-15-19)20-16-10-5-11-17-20/h12,14,16H,2-11,13,15,17H2,1H3. The van der Waals surface area contributed by atoms with Crippen LogP contribution in [0.4, 0.5) is 0 Å². The van der Waals surface area contributed by atoms with Gasteiger partial charge >= 0.3 is 0 Å². The maximum absolute atomic E-state index is 6.78. The van der Waals surface area contributed by atoms with Gasteiger partial charge in [0, 0.05) is 6.61 Å². The molecule has 0 heterocycles. The average molecular weight is 317 g/mol. The van der Waals surface area contributed by atoms with Crippen LogP contribution in [-0.4, -0.2) is 14.9 Å². The summed E-state index contributed by atoms with van der Waals surface area (Å²) in [5.41, 5.74) is 0. The highest BCUT2D eigenvalue weighted by atomic mass is 28.4. The van der Waals surface area contributed by atoms with Gasteiger partial charge in [-0.05, 0) is 84.0 Å². The van der Waals surface area contributed by atoms with Crippen molar-refractivity contribution in [2.45, 2.75) is 84.0 Å². The zero-order valence-corrected chi connectivity index (χ0v) is 15.3. The molecule has 0 aromatic heterocycles. The van der Waals surface area contributed by atoms with Crippen LogP contribution in [0, 0.1) is 0 Å². The third-order valence-corrected chi connectivity index (χ3v) is 10.4. The summed E-state index contributed by atoms with van der Waals surface area (Å²) in [6.45, 7) is 3.08. The lowest BCUT2D eigenvalue weighted by Gasteiger charge is -2.41. The van der Waals surface area contributed by atoms with E-state index in [1.54, 1.807) is 15.6 Å². The van der Waals surface area contributed by atoms with E-state index in [1.165, 1.54) is 77.0 Å². The Labute approximate surface area is 137 Å². The second-order valence-electron chi connectivity index (χ2n) is 7.04. The Morgan fingerprint density at radius 3 is 1.41 bits per heavy atom. The van der Waals surface area contributed by atoms with Gasteiger partial charge in [0.05, 0.1) is 0 Å². The average Bonchev–Trinajstić information content (AvgIpc) is 2.62. The van der Waals surface area contributed by atoms with Crippen molar-refractivity contribution in [3.05, 3.63) is 33.8 Å². The summed E-state index contributed by atoms with van der Waals surface area (Å²) in [5, 5.41) is 5.17. The van der Waals surface area contributed by atoms with E-state index in [9.17, 15) is 0 Å². The first-order chi connectivity index (χ1) is 10.9. The SMILES string of the molecule is CCO[Si](C1=CCCCC1)(C1=CCCCC1)C1=CCCCC1. The summed E-state index contributed by atoms with van der Waals surface area (Å²) in [7, 11) is -2.01. The fraction of sp³-hybridized carbons (Fsp3) is 0.700. The van der Waals surface area contributed by atoms with Crippen LogP contribution in [0.3, 0.4) is 0 Å². The molecule has 0 spiro atoms. The molecule has 0 saturated heterocycles. The van der Waals surface area contributed by atoms with Crippen molar-refractivity contribution in [1.82, 2.24) is 0 Å². The van der Waals surface area contributed by atoms with Crippen LogP contribution in [0.5, 0.6) is 0 Å². The van der Waals surface area contributed by atoms with Crippen molar-refractivity contribution in [3.63, 3.8) is 0 Å². The van der Waals surface area contributed by atoms with Gasteiger partial charge < -0.3 is 4.43 Å². The van der Waals surface area contributed by atoms with Gasteiger partial charge in [0.15, 0.2) is 0 Å². The summed E-state index contributed by atoms with van der Waals surface area (Å²) < 4.78 is 6.78. The largest absolute Gasteiger partial charge is 0.405 e. The molecule has 0 aromatic carbocycles. The lowest BCUT2D eigenvalue weighted by atomic mass is 10.1. The van der Waals surface area contributed by atoms with Crippen molar-refractivity contribution < 1.29 is 4.43 Å². The van der Waals surface area contributed by atoms with Crippen LogP contribution >= 0.6 is 0 Å². The highest BCUT2D eigenvalue weighted by Crippen LogP contribution is 2.43. The van der Waals surface area contributed by atoms with E-state index in [4.69, 9.17) is 4.43 Å². The molecular weight excluding hydrogens is 284 g/mol. The van der Waals surface area contributed by atoms with Crippen molar-refractivity contribution in [3.8, 4) is 0 Å². The Morgan fingerprint density at radius 1 is 0.727 bits per heavy atom. The highest BCUT2D eigenvalue weighted by Gasteiger charge is 2.46. The molecule has 0 fully saturated rings. The second-order valence-corrected chi connectivity index (χ2v) is 10.6. The van der Waals surface area contributed by atoms with Gasteiger partial charge in [0.1, 0.15) is 0 Å². The minimum absolute atomic E-state index is 0.873. The number of hydrogen-bond donors (Lipinski definition) is 0. The predicted octanol–water partition coefficient (Wildman–Crippen LogP) is 6.09. The van der Waals surface area contributed by atoms with Gasteiger partial charge in [-0.2, -0.15) is 0 Å². The second kappa shape index (κ2) is 7.78. The van der Waals surface area contributed by atoms with Crippen LogP contribution in [0.2, 0.25) is 0 Å². The summed E-state index contributed by atoms with van der Waals surface area (Å²) in [4.78, 5) is 0. The molecule has 0 radical (unpaired) electrons. The van der Waals surface area contributed by atoms with Crippen LogP contribution in [0.1, 0.15) is 84.0 Å². The van der Waals surface area contributed by atoms with E-state index >= 15 is 0 Å². The fourth-order valence-corrected chi connectivity index (χ4v) is 9.70. The Kier molecular flexibility index (Phi) is 5.75. The maximum Gasteiger partial charge on any atom is 0.275 e. The number of hydrogen-bond acceptors (Lipinski definition) is 1. The first-order valence-corrected chi connectivity index (χ1v) is 11.5. The zero-order valence-electron chi connectivity index (χ0n) is 14.3. The van der Waals surface area contributed by atoms with Gasteiger partial charge in [-0.3, -0.25) is 0 Å². The van der Waals surface area contributed by atoms with Gasteiger partial charge in [-0.15, -0.1) is 0 Å². The highest BCUT2D eigenvalue weighted by molar-refractivity contribution is 6.93. The zero-order chi connectivity index (χ0) is 15.3. The smallest absolute Gasteiger partial charge is 0.275 e. The number of rotatable bonds is 5. The van der Waals surface area contributed by atoms with E-state index in [0.717, 1.165) is 6.61 Å². The molecule has 0 unspecified atom stereocenters. The maximum atomic E-state index is 6.78. The van der Waals surface area contributed by atoms with Crippen molar-refractivity contribution in [2.75, 3.05) is 6.61 Å². The summed E-state index contributed by atoms with van der Waals surface area (Å²) in [5.74, 6) is 0. The van der Waals surface area contributed by atoms with E-state index in [2.05, 4.69) is 25.2 Å². The van der Waals surface area contributed by atoms with Crippen molar-refractivity contribution in [2.24, 2.45) is 0 Å². The van der Waals surface area contributed by atoms with Gasteiger partial charge in [0.2, 0.25) is 0 Å². The molecule has 3 aliphatic carbocycles. The summed E-state index contributed by atoms with van der Waals surface area (Å²) in [6.07, 6.45) is 23.7. The van der Waals surface area contributed by atoms with Gasteiger partial charge in [0.25, 0.3) is 8.32 Å². The molecule has 3 rings (SSSR count). The van der Waals surface area contributed by atoms with Crippen LogP contribution in [-0.2, 0) is 4.43 Å². The lowest BCUT2D eigenvalue weighted by molar-refractivity contribution is 0.332. The number of allylic oxidation sites excluding steroid dienone is 6. The molecule has 0 saturated carbocycles. The Morgan fingerprint density at radius 2 is 1.14 bits per heavy atom. The Balaban J connectivity index is 2.06. The molecule has 1 nitrogen and oxygen atoms in total. The Bertz CT molecular complexity index is 408. The van der Waals surface area contributed by atoms with E-state index in [-0.39, 0.29) is 0 Å². The molecular formula is C20H32OSi.